The number of hydrogen-bond donors (Lipinski definition) is 2. The molecule has 2 unspecified atom stereocenters. The molecule has 1 aliphatic rings. The smallest absolute Gasteiger partial charge is 0.303 e. The summed E-state index contributed by atoms with van der Waals surface area (Å²) >= 11 is 0. The minimum absolute atomic E-state index is 0.00553. The maximum Gasteiger partial charge on any atom is 0.303 e. The highest BCUT2D eigenvalue weighted by Gasteiger charge is 2.30. The molecule has 6 nitrogen and oxygen atoms in total. The molecule has 0 saturated carbocycles. The van der Waals surface area contributed by atoms with Crippen molar-refractivity contribution >= 4 is 11.9 Å². The highest BCUT2D eigenvalue weighted by atomic mass is 16.4. The molecule has 0 bridgehead atoms. The van der Waals surface area contributed by atoms with Crippen molar-refractivity contribution < 1.29 is 14.7 Å². The first-order valence-corrected chi connectivity index (χ1v) is 7.42. The molecule has 1 aromatic heterocycles. The zero-order chi connectivity index (χ0) is 15.6. The number of carbonyl (C=O) groups excluding carboxylic acids is 1. The topological polar surface area (TPSA) is 86.3 Å². The van der Waals surface area contributed by atoms with Gasteiger partial charge in [0.25, 0.3) is 5.91 Å². The lowest BCUT2D eigenvalue weighted by atomic mass is 9.84. The minimum atomic E-state index is -0.771. The number of likely N-dealkylation sites (tertiary alicyclic amines) is 1. The van der Waals surface area contributed by atoms with E-state index in [2.05, 4.69) is 10.2 Å². The first-order valence-electron chi connectivity index (χ1n) is 7.42. The van der Waals surface area contributed by atoms with Crippen LogP contribution >= 0.6 is 0 Å². The van der Waals surface area contributed by atoms with Crippen molar-refractivity contribution in [3.05, 3.63) is 17.0 Å². The van der Waals surface area contributed by atoms with Crippen molar-refractivity contribution in [1.29, 1.82) is 0 Å². The summed E-state index contributed by atoms with van der Waals surface area (Å²) < 4.78 is 0. The van der Waals surface area contributed by atoms with E-state index in [4.69, 9.17) is 5.11 Å². The molecule has 1 saturated heterocycles. The number of aromatic amines is 1. The van der Waals surface area contributed by atoms with Crippen LogP contribution in [0.5, 0.6) is 0 Å². The molecule has 2 atom stereocenters. The number of piperidine rings is 1. The van der Waals surface area contributed by atoms with Gasteiger partial charge in [0.1, 0.15) is 0 Å². The van der Waals surface area contributed by atoms with Gasteiger partial charge in [-0.05, 0) is 38.5 Å². The highest BCUT2D eigenvalue weighted by Crippen LogP contribution is 2.27. The van der Waals surface area contributed by atoms with Gasteiger partial charge in [-0.15, -0.1) is 0 Å². The van der Waals surface area contributed by atoms with E-state index >= 15 is 0 Å². The van der Waals surface area contributed by atoms with Gasteiger partial charge < -0.3 is 10.0 Å². The summed E-state index contributed by atoms with van der Waals surface area (Å²) in [5, 5.41) is 15.8. The third-order valence-corrected chi connectivity index (χ3v) is 4.39. The van der Waals surface area contributed by atoms with Gasteiger partial charge in [0.15, 0.2) is 0 Å². The predicted molar refractivity (Wildman–Crippen MR) is 78.1 cm³/mol. The minimum Gasteiger partial charge on any atom is -0.481 e. The second-order valence-corrected chi connectivity index (χ2v) is 6.04. The van der Waals surface area contributed by atoms with E-state index in [1.54, 1.807) is 0 Å². The zero-order valence-electron chi connectivity index (χ0n) is 12.8. The van der Waals surface area contributed by atoms with Crippen molar-refractivity contribution in [3.8, 4) is 0 Å². The molecule has 0 spiro atoms. The molecule has 1 aliphatic heterocycles. The zero-order valence-corrected chi connectivity index (χ0v) is 12.8. The number of carbonyl (C=O) groups is 2. The van der Waals surface area contributed by atoms with E-state index in [0.717, 1.165) is 30.8 Å². The molecule has 0 aromatic carbocycles. The summed E-state index contributed by atoms with van der Waals surface area (Å²) in [6.45, 7) is 7.00. The number of carboxylic acid groups (broad SMARTS) is 1. The van der Waals surface area contributed by atoms with Crippen molar-refractivity contribution in [2.24, 2.45) is 11.8 Å². The van der Waals surface area contributed by atoms with Gasteiger partial charge in [0.2, 0.25) is 0 Å². The fraction of sp³-hybridized carbons (Fsp3) is 0.667. The first kappa shape index (κ1) is 15.5. The molecule has 2 heterocycles. The normalized spacial score (nSPS) is 20.3. The quantitative estimate of drug-likeness (QED) is 0.889. The number of rotatable bonds is 4. The number of hydrogen-bond acceptors (Lipinski definition) is 3. The van der Waals surface area contributed by atoms with Crippen LogP contribution in [0, 0.1) is 25.7 Å². The van der Waals surface area contributed by atoms with Crippen LogP contribution in [0.4, 0.5) is 0 Å². The Balaban J connectivity index is 2.07. The van der Waals surface area contributed by atoms with E-state index in [1.807, 2.05) is 25.7 Å². The Bertz CT molecular complexity index is 519. The molecule has 0 aliphatic carbocycles. The molecule has 2 N–H and O–H groups in total. The van der Waals surface area contributed by atoms with Crippen LogP contribution in [0.2, 0.25) is 0 Å². The number of H-pyrrole nitrogens is 1. The van der Waals surface area contributed by atoms with Crippen molar-refractivity contribution in [2.45, 2.75) is 40.0 Å². The van der Waals surface area contributed by atoms with Crippen LogP contribution in [0.3, 0.4) is 0 Å². The van der Waals surface area contributed by atoms with Gasteiger partial charge in [0, 0.05) is 25.2 Å². The summed E-state index contributed by atoms with van der Waals surface area (Å²) in [5.41, 5.74) is 2.16. The molecule has 2 rings (SSSR count). The largest absolute Gasteiger partial charge is 0.481 e. The van der Waals surface area contributed by atoms with Crippen LogP contribution in [-0.4, -0.2) is 45.2 Å². The fourth-order valence-electron chi connectivity index (χ4n) is 3.13. The van der Waals surface area contributed by atoms with Crippen molar-refractivity contribution in [3.63, 3.8) is 0 Å². The van der Waals surface area contributed by atoms with Gasteiger partial charge in [-0.3, -0.25) is 14.7 Å². The summed E-state index contributed by atoms with van der Waals surface area (Å²) in [6.07, 6.45) is 2.08. The maximum atomic E-state index is 12.6. The Hall–Kier alpha value is -1.85. The number of aliphatic carboxylic acids is 1. The van der Waals surface area contributed by atoms with Gasteiger partial charge in [0.05, 0.1) is 11.3 Å². The number of aryl methyl sites for hydroxylation is 2. The Morgan fingerprint density at radius 3 is 2.76 bits per heavy atom. The monoisotopic (exact) mass is 293 g/mol. The summed E-state index contributed by atoms with van der Waals surface area (Å²) in [6, 6.07) is 0. The van der Waals surface area contributed by atoms with E-state index in [0.29, 0.717) is 12.1 Å². The second kappa shape index (κ2) is 6.28. The highest BCUT2D eigenvalue weighted by molar-refractivity contribution is 5.96. The van der Waals surface area contributed by atoms with Crippen LogP contribution in [0.15, 0.2) is 0 Å². The Morgan fingerprint density at radius 2 is 2.19 bits per heavy atom. The molecule has 1 fully saturated rings. The SMILES string of the molecule is Cc1n[nH]c(C)c1C(=O)N1CCCC(C(C)CC(=O)O)C1. The molecule has 0 radical (unpaired) electrons. The fourth-order valence-corrected chi connectivity index (χ4v) is 3.13. The number of nitrogens with one attached hydrogen (secondary N) is 1. The predicted octanol–water partition coefficient (Wildman–Crippen LogP) is 1.99. The van der Waals surface area contributed by atoms with E-state index in [1.165, 1.54) is 0 Å². The lowest BCUT2D eigenvalue weighted by Gasteiger charge is -2.35. The third-order valence-electron chi connectivity index (χ3n) is 4.39. The number of amides is 1. The number of aromatic nitrogens is 2. The number of nitrogens with zero attached hydrogens (tertiary/aromatic N) is 2. The van der Waals surface area contributed by atoms with Crippen molar-refractivity contribution in [1.82, 2.24) is 15.1 Å². The Labute approximate surface area is 124 Å². The van der Waals surface area contributed by atoms with Crippen LogP contribution in [0.25, 0.3) is 0 Å². The average molecular weight is 293 g/mol. The Kier molecular flexibility index (Phi) is 4.65. The standard InChI is InChI=1S/C15H23N3O3/c1-9(7-13(19)20)12-5-4-6-18(8-12)15(21)14-10(2)16-17-11(14)3/h9,12H,4-8H2,1-3H3,(H,16,17)(H,19,20). The first-order chi connectivity index (χ1) is 9.90. The molecule has 1 amide bonds. The second-order valence-electron chi connectivity index (χ2n) is 6.04. The van der Waals surface area contributed by atoms with Crippen molar-refractivity contribution in [2.75, 3.05) is 13.1 Å². The third kappa shape index (κ3) is 3.43. The molecular formula is C15H23N3O3. The summed E-state index contributed by atoms with van der Waals surface area (Å²) in [5.74, 6) is -0.422. The molecule has 6 heteroatoms. The average Bonchev–Trinajstić information content (AvgIpc) is 2.77. The lowest BCUT2D eigenvalue weighted by Crippen LogP contribution is -2.42. The van der Waals surface area contributed by atoms with Gasteiger partial charge in [-0.1, -0.05) is 6.92 Å². The van der Waals surface area contributed by atoms with E-state index in [-0.39, 0.29) is 24.2 Å². The van der Waals surface area contributed by atoms with Crippen LogP contribution < -0.4 is 0 Å². The Morgan fingerprint density at radius 1 is 1.48 bits per heavy atom. The van der Waals surface area contributed by atoms with Gasteiger partial charge in [-0.2, -0.15) is 5.10 Å². The van der Waals surface area contributed by atoms with Crippen LogP contribution in [0.1, 0.15) is 47.9 Å². The van der Waals surface area contributed by atoms with Gasteiger partial charge in [-0.25, -0.2) is 0 Å². The van der Waals surface area contributed by atoms with E-state index in [9.17, 15) is 9.59 Å². The van der Waals surface area contributed by atoms with Crippen LogP contribution in [-0.2, 0) is 4.79 Å². The van der Waals surface area contributed by atoms with E-state index < -0.39 is 5.97 Å². The summed E-state index contributed by atoms with van der Waals surface area (Å²) in [7, 11) is 0. The maximum absolute atomic E-state index is 12.6. The summed E-state index contributed by atoms with van der Waals surface area (Å²) in [4.78, 5) is 25.3. The molecule has 116 valence electrons. The molecular weight excluding hydrogens is 270 g/mol. The lowest BCUT2D eigenvalue weighted by molar-refractivity contribution is -0.138. The van der Waals surface area contributed by atoms with Gasteiger partial charge >= 0.3 is 5.97 Å². The molecule has 21 heavy (non-hydrogen) atoms. The number of carboxylic acids is 1. The molecule has 1 aromatic rings.